The Bertz CT molecular complexity index is 1610. The van der Waals surface area contributed by atoms with Crippen LogP contribution >= 0.6 is 0 Å². The van der Waals surface area contributed by atoms with Crippen molar-refractivity contribution in [3.8, 4) is 0 Å². The lowest BCUT2D eigenvalue weighted by Crippen LogP contribution is -2.62. The van der Waals surface area contributed by atoms with Gasteiger partial charge in [0.2, 0.25) is 23.5 Å². The van der Waals surface area contributed by atoms with Crippen molar-refractivity contribution in [1.82, 2.24) is 36.1 Å². The highest BCUT2D eigenvalue weighted by atomic mass is 16.2. The fraction of sp³-hybridized carbons (Fsp3) is 0.722. The Morgan fingerprint density at radius 1 is 0.980 bits per heavy atom. The second kappa shape index (κ2) is 15.8. The summed E-state index contributed by atoms with van der Waals surface area (Å²) in [6.45, 7) is 7.38. The molecule has 2 heterocycles. The smallest absolute Gasteiger partial charge is 0.289 e. The third kappa shape index (κ3) is 8.83. The van der Waals surface area contributed by atoms with Gasteiger partial charge in [-0.1, -0.05) is 59.8 Å². The van der Waals surface area contributed by atoms with Gasteiger partial charge >= 0.3 is 0 Å². The number of carbonyl (C=O) groups excluding carboxylic acids is 6. The van der Waals surface area contributed by atoms with E-state index in [1.165, 1.54) is 23.5 Å². The SMILES string of the molecule is [2H]C1([2H])C([2H])([2H])C1([2H])NC(=O)C(=O)[C@H](CCC)NC(=O)[C@@H]1[C@H]2CCC[C@H]2CN1C(=O)[C@@H](NC(=O)[C@@H](NC(=O)c1cnccn1)C1CCCCC1)C(C)(C)C. The lowest BCUT2D eigenvalue weighted by molar-refractivity contribution is -0.146. The van der Waals surface area contributed by atoms with Gasteiger partial charge in [0.15, 0.2) is 0 Å². The third-order valence-electron chi connectivity index (χ3n) is 10.3. The molecule has 5 amide bonds. The number of amides is 5. The zero-order valence-electron chi connectivity index (χ0n) is 33.8. The Morgan fingerprint density at radius 3 is 2.35 bits per heavy atom. The summed E-state index contributed by atoms with van der Waals surface area (Å²) in [5.74, 6) is -5.17. The molecule has 49 heavy (non-hydrogen) atoms. The fourth-order valence-electron chi connectivity index (χ4n) is 7.65. The minimum Gasteiger partial charge on any atom is -0.347 e. The molecule has 1 aromatic heterocycles. The molecule has 3 saturated carbocycles. The minimum absolute atomic E-state index is 0.00611. The summed E-state index contributed by atoms with van der Waals surface area (Å²) in [4.78, 5) is 92.1. The predicted octanol–water partition coefficient (Wildman–Crippen LogP) is 2.45. The van der Waals surface area contributed by atoms with Crippen LogP contribution < -0.4 is 21.3 Å². The fourth-order valence-corrected chi connectivity index (χ4v) is 7.65. The molecule has 3 aliphatic carbocycles. The number of fused-ring (bicyclic) bond motifs is 1. The Hall–Kier alpha value is -3.90. The number of ketones is 1. The molecule has 4 N–H and O–H groups in total. The highest BCUT2D eigenvalue weighted by Crippen LogP contribution is 2.43. The van der Waals surface area contributed by atoms with Gasteiger partial charge in [-0.2, -0.15) is 0 Å². The van der Waals surface area contributed by atoms with Crippen molar-refractivity contribution >= 4 is 35.3 Å². The summed E-state index contributed by atoms with van der Waals surface area (Å²) in [6.07, 6.45) is 5.56. The van der Waals surface area contributed by atoms with E-state index in [4.69, 9.17) is 6.85 Å². The van der Waals surface area contributed by atoms with Crippen LogP contribution in [0.2, 0.25) is 0 Å². The molecule has 1 saturated heterocycles. The number of hydrogen-bond acceptors (Lipinski definition) is 8. The van der Waals surface area contributed by atoms with E-state index in [0.717, 1.165) is 32.1 Å². The maximum Gasteiger partial charge on any atom is 0.289 e. The molecular formula is C36H53N7O6. The first-order valence-corrected chi connectivity index (χ1v) is 17.6. The zero-order chi connectivity index (χ0) is 39.8. The molecule has 0 aromatic carbocycles. The van der Waals surface area contributed by atoms with Gasteiger partial charge < -0.3 is 26.2 Å². The molecule has 0 radical (unpaired) electrons. The number of nitrogens with zero attached hydrogens (tertiary/aromatic N) is 3. The summed E-state index contributed by atoms with van der Waals surface area (Å²) in [7, 11) is 0. The standard InChI is InChI=1S/C36H53N7O6/c1-5-10-25(29(44)34(48)39-23-15-16-23)40-33(47)28-24-14-9-13-22(24)20-43(28)35(49)30(36(2,3)4)42-32(46)27(21-11-7-6-8-12-21)41-31(45)26-19-37-17-18-38-26/h17-19,21-25,27-28,30H,5-16,20H2,1-4H3,(H,39,48)(H,40,47)(H,41,45)(H,42,46)/t22-,24-,25-,27-,28-,30+/m0/s1/i15D2,16D2,23D. The molecule has 6 atom stereocenters. The van der Waals surface area contributed by atoms with Crippen molar-refractivity contribution < 1.29 is 35.6 Å². The van der Waals surface area contributed by atoms with Gasteiger partial charge in [0.1, 0.15) is 23.8 Å². The van der Waals surface area contributed by atoms with Crippen molar-refractivity contribution in [2.45, 2.75) is 135 Å². The lowest BCUT2D eigenvalue weighted by Gasteiger charge is -2.38. The molecule has 268 valence electrons. The van der Waals surface area contributed by atoms with Gasteiger partial charge in [-0.25, -0.2) is 4.98 Å². The number of carbonyl (C=O) groups is 6. The van der Waals surface area contributed by atoms with Crippen LogP contribution in [0.15, 0.2) is 18.6 Å². The van der Waals surface area contributed by atoms with Gasteiger partial charge in [-0.3, -0.25) is 33.8 Å². The van der Waals surface area contributed by atoms with Gasteiger partial charge in [-0.15, -0.1) is 0 Å². The van der Waals surface area contributed by atoms with E-state index in [1.807, 2.05) is 5.32 Å². The number of aromatic nitrogens is 2. The number of nitrogens with one attached hydrogen (secondary N) is 4. The molecule has 4 aliphatic rings. The minimum atomic E-state index is -2.72. The molecule has 1 aromatic rings. The number of rotatable bonds is 13. The van der Waals surface area contributed by atoms with Gasteiger partial charge in [0.25, 0.3) is 11.8 Å². The average Bonchev–Trinajstić information content (AvgIpc) is 3.60. The largest absolute Gasteiger partial charge is 0.347 e. The molecule has 13 heteroatoms. The molecule has 0 unspecified atom stereocenters. The second-order valence-electron chi connectivity index (χ2n) is 14.8. The Balaban J connectivity index is 1.35. The van der Waals surface area contributed by atoms with E-state index in [2.05, 4.69) is 25.9 Å². The summed E-state index contributed by atoms with van der Waals surface area (Å²) in [6, 6.07) is -7.10. The Kier molecular flexibility index (Phi) is 9.64. The molecule has 4 fully saturated rings. The summed E-state index contributed by atoms with van der Waals surface area (Å²) >= 11 is 0. The van der Waals surface area contributed by atoms with Gasteiger partial charge in [0.05, 0.1) is 13.6 Å². The summed E-state index contributed by atoms with van der Waals surface area (Å²) in [5, 5.41) is 10.4. The topological polar surface area (TPSA) is 180 Å². The van der Waals surface area contributed by atoms with Crippen LogP contribution in [0.3, 0.4) is 0 Å². The third-order valence-corrected chi connectivity index (χ3v) is 10.3. The second-order valence-corrected chi connectivity index (χ2v) is 14.8. The molecular weight excluding hydrogens is 626 g/mol. The zero-order valence-corrected chi connectivity index (χ0v) is 28.8. The normalized spacial score (nSPS) is 28.4. The van der Waals surface area contributed by atoms with Crippen molar-refractivity contribution in [3.63, 3.8) is 0 Å². The van der Waals surface area contributed by atoms with E-state index < -0.39 is 83.7 Å². The van der Waals surface area contributed by atoms with Gasteiger partial charge in [0, 0.05) is 30.4 Å². The number of hydrogen-bond donors (Lipinski definition) is 4. The van der Waals surface area contributed by atoms with Crippen molar-refractivity contribution in [3.05, 3.63) is 24.3 Å². The molecule has 13 nitrogen and oxygen atoms in total. The maximum absolute atomic E-state index is 14.7. The lowest BCUT2D eigenvalue weighted by atomic mass is 9.82. The quantitative estimate of drug-likeness (QED) is 0.229. The van der Waals surface area contributed by atoms with E-state index >= 15 is 0 Å². The van der Waals surface area contributed by atoms with Crippen molar-refractivity contribution in [1.29, 1.82) is 0 Å². The first-order chi connectivity index (χ1) is 25.3. The average molecular weight is 685 g/mol. The van der Waals surface area contributed by atoms with Crippen molar-refractivity contribution in [2.75, 3.05) is 6.54 Å². The van der Waals surface area contributed by atoms with Crippen LogP contribution in [0.4, 0.5) is 0 Å². The van der Waals surface area contributed by atoms with Crippen LogP contribution in [0.25, 0.3) is 0 Å². The Labute approximate surface area is 295 Å². The van der Waals surface area contributed by atoms with Crippen LogP contribution in [0.5, 0.6) is 0 Å². The summed E-state index contributed by atoms with van der Waals surface area (Å²) in [5.41, 5.74) is -0.779. The molecule has 0 spiro atoms. The van der Waals surface area contributed by atoms with E-state index in [1.54, 1.807) is 27.7 Å². The first-order valence-electron chi connectivity index (χ1n) is 20.1. The van der Waals surface area contributed by atoms with Crippen LogP contribution in [-0.4, -0.2) is 86.9 Å². The summed E-state index contributed by atoms with van der Waals surface area (Å²) < 4.78 is 39.2. The highest BCUT2D eigenvalue weighted by molar-refractivity contribution is 6.38. The maximum atomic E-state index is 14.7. The van der Waals surface area contributed by atoms with Gasteiger partial charge in [-0.05, 0) is 68.0 Å². The van der Waals surface area contributed by atoms with E-state index in [9.17, 15) is 28.8 Å². The van der Waals surface area contributed by atoms with Crippen LogP contribution in [0, 0.1) is 23.2 Å². The monoisotopic (exact) mass is 684 g/mol. The van der Waals surface area contributed by atoms with E-state index in [-0.39, 0.29) is 36.4 Å². The molecule has 5 rings (SSSR count). The van der Waals surface area contributed by atoms with E-state index in [0.29, 0.717) is 25.7 Å². The van der Waals surface area contributed by atoms with Crippen LogP contribution in [-0.2, 0) is 24.0 Å². The van der Waals surface area contributed by atoms with Crippen LogP contribution in [0.1, 0.15) is 122 Å². The molecule has 0 bridgehead atoms. The highest BCUT2D eigenvalue weighted by Gasteiger charge is 2.52. The first kappa shape index (κ1) is 30.0. The molecule has 1 aliphatic heterocycles. The van der Waals surface area contributed by atoms with Crippen molar-refractivity contribution in [2.24, 2.45) is 23.2 Å². The predicted molar refractivity (Wildman–Crippen MR) is 181 cm³/mol. The Morgan fingerprint density at radius 2 is 1.71 bits per heavy atom. The number of Topliss-reactive ketones (excluding diaryl/α,β-unsaturated/α-hetero) is 1. The number of likely N-dealkylation sites (tertiary alicyclic amines) is 1.